The minimum atomic E-state index is -0.982. The standard InChI is InChI=1S/C31H43N3O6/c1-3-39-30(37)31(16-20-38-2)21-25-12-14-27(15-13-25)40-23-29(36)32-17-8-19-34(18-7-11-28(35)33-24-31)22-26-9-5-4-6-10-26/h4-6,9-10,12-15H,3,7-8,11,16-24H2,1-2H3,(H,32,36)(H,33,35). The highest BCUT2D eigenvalue weighted by atomic mass is 16.5. The molecule has 0 spiro atoms. The number of rotatable bonds is 7. The third kappa shape index (κ3) is 10.3. The van der Waals surface area contributed by atoms with Crippen LogP contribution < -0.4 is 15.4 Å². The van der Waals surface area contributed by atoms with Crippen molar-refractivity contribution in [1.29, 1.82) is 0 Å². The predicted molar refractivity (Wildman–Crippen MR) is 153 cm³/mol. The van der Waals surface area contributed by atoms with E-state index >= 15 is 0 Å². The van der Waals surface area contributed by atoms with Crippen LogP contribution in [0.1, 0.15) is 43.7 Å². The predicted octanol–water partition coefficient (Wildman–Crippen LogP) is 3.11. The number of amides is 2. The Morgan fingerprint density at radius 1 is 1.00 bits per heavy atom. The first-order valence-corrected chi connectivity index (χ1v) is 14.1. The van der Waals surface area contributed by atoms with Crippen LogP contribution in [0.25, 0.3) is 0 Å². The zero-order chi connectivity index (χ0) is 28.6. The van der Waals surface area contributed by atoms with E-state index in [1.54, 1.807) is 26.2 Å². The molecule has 40 heavy (non-hydrogen) atoms. The molecule has 4 rings (SSSR count). The van der Waals surface area contributed by atoms with Crippen LogP contribution in [-0.2, 0) is 36.8 Å². The van der Waals surface area contributed by atoms with Crippen LogP contribution in [0.15, 0.2) is 54.6 Å². The van der Waals surface area contributed by atoms with Crippen molar-refractivity contribution in [3.63, 3.8) is 0 Å². The lowest BCUT2D eigenvalue weighted by molar-refractivity contribution is -0.156. The summed E-state index contributed by atoms with van der Waals surface area (Å²) < 4.78 is 16.5. The average molecular weight is 554 g/mol. The number of hydrogen-bond donors (Lipinski definition) is 2. The van der Waals surface area contributed by atoms with Crippen molar-refractivity contribution in [3.8, 4) is 5.75 Å². The summed E-state index contributed by atoms with van der Waals surface area (Å²) >= 11 is 0. The first-order chi connectivity index (χ1) is 19.4. The van der Waals surface area contributed by atoms with E-state index in [0.29, 0.717) is 44.6 Å². The van der Waals surface area contributed by atoms with Crippen LogP contribution in [0.2, 0.25) is 0 Å². The molecule has 0 saturated carbocycles. The number of methoxy groups -OCH3 is 1. The number of carbonyl (C=O) groups excluding carboxylic acids is 3. The summed E-state index contributed by atoms with van der Waals surface area (Å²) in [5.74, 6) is -0.0726. The van der Waals surface area contributed by atoms with Crippen LogP contribution in [0, 0.1) is 5.41 Å². The van der Waals surface area contributed by atoms with Gasteiger partial charge in [-0.3, -0.25) is 19.3 Å². The molecule has 2 aliphatic heterocycles. The van der Waals surface area contributed by atoms with Gasteiger partial charge in [-0.25, -0.2) is 0 Å². The molecule has 0 radical (unpaired) electrons. The summed E-state index contributed by atoms with van der Waals surface area (Å²) in [6, 6.07) is 17.5. The third-order valence-corrected chi connectivity index (χ3v) is 7.05. The molecule has 0 saturated heterocycles. The molecule has 218 valence electrons. The highest BCUT2D eigenvalue weighted by Gasteiger charge is 2.40. The van der Waals surface area contributed by atoms with Crippen molar-refractivity contribution in [3.05, 3.63) is 65.7 Å². The molecule has 2 heterocycles. The Balaban J connectivity index is 1.78. The highest BCUT2D eigenvalue weighted by Crippen LogP contribution is 2.30. The third-order valence-electron chi connectivity index (χ3n) is 7.05. The van der Waals surface area contributed by atoms with Crippen LogP contribution in [0.4, 0.5) is 0 Å². The Kier molecular flexibility index (Phi) is 12.9. The number of hydrogen-bond acceptors (Lipinski definition) is 7. The summed E-state index contributed by atoms with van der Waals surface area (Å²) in [7, 11) is 1.59. The van der Waals surface area contributed by atoms with Crippen molar-refractivity contribution >= 4 is 17.8 Å². The summed E-state index contributed by atoms with van der Waals surface area (Å²) in [5.41, 5.74) is 1.10. The molecule has 1 unspecified atom stereocenters. The Bertz CT molecular complexity index is 1060. The second-order valence-electron chi connectivity index (χ2n) is 10.2. The van der Waals surface area contributed by atoms with Crippen LogP contribution in [-0.4, -0.2) is 75.8 Å². The van der Waals surface area contributed by atoms with Gasteiger partial charge in [0.25, 0.3) is 5.91 Å². The normalized spacial score (nSPS) is 20.1. The van der Waals surface area contributed by atoms with Crippen molar-refractivity contribution in [2.75, 3.05) is 53.1 Å². The van der Waals surface area contributed by atoms with Gasteiger partial charge in [0.2, 0.25) is 5.91 Å². The quantitative estimate of drug-likeness (QED) is 0.508. The van der Waals surface area contributed by atoms with Gasteiger partial charge in [-0.2, -0.15) is 0 Å². The number of ether oxygens (including phenoxy) is 3. The van der Waals surface area contributed by atoms with Gasteiger partial charge in [-0.15, -0.1) is 0 Å². The number of nitrogens with one attached hydrogen (secondary N) is 2. The Hall–Kier alpha value is -3.43. The fourth-order valence-corrected chi connectivity index (χ4v) is 4.82. The molecule has 2 aliphatic rings. The highest BCUT2D eigenvalue weighted by molar-refractivity contribution is 5.80. The van der Waals surface area contributed by atoms with Gasteiger partial charge in [0.05, 0.1) is 12.0 Å². The molecule has 9 heteroatoms. The lowest BCUT2D eigenvalue weighted by Crippen LogP contribution is -2.46. The van der Waals surface area contributed by atoms with Crippen molar-refractivity contribution in [2.24, 2.45) is 5.41 Å². The van der Waals surface area contributed by atoms with E-state index in [4.69, 9.17) is 14.2 Å². The van der Waals surface area contributed by atoms with Crippen molar-refractivity contribution in [2.45, 2.75) is 45.6 Å². The molecule has 2 aromatic rings. The van der Waals surface area contributed by atoms with E-state index < -0.39 is 5.41 Å². The monoisotopic (exact) mass is 553 g/mol. The molecule has 2 N–H and O–H groups in total. The first-order valence-electron chi connectivity index (χ1n) is 14.1. The zero-order valence-corrected chi connectivity index (χ0v) is 23.8. The molecule has 2 bridgehead atoms. The van der Waals surface area contributed by atoms with Gasteiger partial charge in [0, 0.05) is 46.3 Å². The van der Waals surface area contributed by atoms with Gasteiger partial charge in [-0.05, 0) is 62.4 Å². The molecule has 2 amide bonds. The minimum absolute atomic E-state index is 0.0697. The fourth-order valence-electron chi connectivity index (χ4n) is 4.82. The summed E-state index contributed by atoms with van der Waals surface area (Å²) in [6.07, 6.45) is 2.55. The smallest absolute Gasteiger partial charge is 0.314 e. The lowest BCUT2D eigenvalue weighted by atomic mass is 9.78. The minimum Gasteiger partial charge on any atom is -0.484 e. The number of carbonyl (C=O) groups is 3. The molecule has 0 aromatic heterocycles. The topological polar surface area (TPSA) is 106 Å². The van der Waals surface area contributed by atoms with E-state index in [2.05, 4.69) is 27.7 Å². The van der Waals surface area contributed by atoms with Crippen molar-refractivity contribution < 1.29 is 28.6 Å². The largest absolute Gasteiger partial charge is 0.484 e. The SMILES string of the molecule is CCOC(=O)C1(CCOC)CNC(=O)CCCN(Cc2ccccc2)CCCNC(=O)COc2ccc(cc2)C1. The molecular weight excluding hydrogens is 510 g/mol. The maximum Gasteiger partial charge on any atom is 0.314 e. The Labute approximate surface area is 237 Å². The van der Waals surface area contributed by atoms with E-state index in [9.17, 15) is 14.4 Å². The zero-order valence-electron chi connectivity index (χ0n) is 23.8. The maximum atomic E-state index is 13.3. The maximum absolute atomic E-state index is 13.3. The lowest BCUT2D eigenvalue weighted by Gasteiger charge is -2.32. The summed E-state index contributed by atoms with van der Waals surface area (Å²) in [4.78, 5) is 40.9. The molecule has 2 aromatic carbocycles. The van der Waals surface area contributed by atoms with Gasteiger partial charge in [0.1, 0.15) is 5.75 Å². The van der Waals surface area contributed by atoms with Gasteiger partial charge < -0.3 is 24.8 Å². The van der Waals surface area contributed by atoms with Crippen LogP contribution in [0.3, 0.4) is 0 Å². The average Bonchev–Trinajstić information content (AvgIpc) is 2.96. The van der Waals surface area contributed by atoms with Gasteiger partial charge in [0.15, 0.2) is 6.61 Å². The van der Waals surface area contributed by atoms with Gasteiger partial charge >= 0.3 is 5.97 Å². The summed E-state index contributed by atoms with van der Waals surface area (Å²) in [5, 5.41) is 5.94. The molecule has 9 nitrogen and oxygen atoms in total. The molecule has 0 fully saturated rings. The first kappa shape index (κ1) is 31.1. The Morgan fingerprint density at radius 2 is 1.75 bits per heavy atom. The second-order valence-corrected chi connectivity index (χ2v) is 10.2. The number of nitrogens with zero attached hydrogens (tertiary/aromatic N) is 1. The van der Waals surface area contributed by atoms with E-state index in [0.717, 1.165) is 31.6 Å². The second kappa shape index (κ2) is 16.6. The molecule has 1 atom stereocenters. The number of benzene rings is 2. The fraction of sp³-hybridized carbons (Fsp3) is 0.516. The number of esters is 1. The number of fused-ring (bicyclic) bond motifs is 17. The van der Waals surface area contributed by atoms with Gasteiger partial charge in [-0.1, -0.05) is 42.5 Å². The molecule has 0 aliphatic carbocycles. The van der Waals surface area contributed by atoms with Crippen molar-refractivity contribution in [1.82, 2.24) is 15.5 Å². The van der Waals surface area contributed by atoms with Crippen LogP contribution in [0.5, 0.6) is 5.75 Å². The van der Waals surface area contributed by atoms with E-state index in [1.807, 2.05) is 30.3 Å². The van der Waals surface area contributed by atoms with Crippen LogP contribution >= 0.6 is 0 Å². The molecular formula is C31H43N3O6. The Morgan fingerprint density at radius 3 is 2.48 bits per heavy atom. The summed E-state index contributed by atoms with van der Waals surface area (Å²) in [6.45, 7) is 5.27. The van der Waals surface area contributed by atoms with E-state index in [-0.39, 0.29) is 37.5 Å². The van der Waals surface area contributed by atoms with E-state index in [1.165, 1.54) is 5.56 Å².